The minimum Gasteiger partial charge on any atom is -0.267 e. The number of fused-ring (bicyclic) bond motifs is 3. The second kappa shape index (κ2) is 3.81. The van der Waals surface area contributed by atoms with Gasteiger partial charge in [0.05, 0.1) is 11.4 Å². The summed E-state index contributed by atoms with van der Waals surface area (Å²) in [6.45, 7) is 6.54. The number of halogens is 1. The van der Waals surface area contributed by atoms with Gasteiger partial charge in [0.25, 0.3) is 5.91 Å². The standard InChI is InChI=1S/C17H17FN2O/c1-9-14-13(8-12-15(14)17(12,2)3)20(19-9)16(21)10-4-6-11(18)7-5-10/h4-7,12,15H,8H2,1-3H3. The van der Waals surface area contributed by atoms with E-state index in [4.69, 9.17) is 0 Å². The second-order valence-electron chi connectivity index (χ2n) is 6.78. The van der Waals surface area contributed by atoms with Crippen molar-refractivity contribution in [2.24, 2.45) is 11.3 Å². The monoisotopic (exact) mass is 284 g/mol. The van der Waals surface area contributed by atoms with Crippen LogP contribution in [0.2, 0.25) is 0 Å². The summed E-state index contributed by atoms with van der Waals surface area (Å²) in [6.07, 6.45) is 0.917. The van der Waals surface area contributed by atoms with Crippen LogP contribution in [0.3, 0.4) is 0 Å². The number of aromatic nitrogens is 2. The zero-order valence-corrected chi connectivity index (χ0v) is 12.4. The van der Waals surface area contributed by atoms with Crippen LogP contribution in [0.25, 0.3) is 0 Å². The van der Waals surface area contributed by atoms with Gasteiger partial charge in [-0.1, -0.05) is 13.8 Å². The molecule has 0 amide bonds. The summed E-state index contributed by atoms with van der Waals surface area (Å²) in [5, 5.41) is 4.45. The largest absolute Gasteiger partial charge is 0.278 e. The van der Waals surface area contributed by atoms with Crippen molar-refractivity contribution in [3.63, 3.8) is 0 Å². The molecule has 0 N–H and O–H groups in total. The number of hydrogen-bond acceptors (Lipinski definition) is 2. The fourth-order valence-corrected chi connectivity index (χ4v) is 3.98. The Morgan fingerprint density at radius 2 is 2.00 bits per heavy atom. The van der Waals surface area contributed by atoms with E-state index in [0.29, 0.717) is 22.8 Å². The summed E-state index contributed by atoms with van der Waals surface area (Å²) in [5.41, 5.74) is 4.08. The lowest BCUT2D eigenvalue weighted by Crippen LogP contribution is -2.17. The fraction of sp³-hybridized carbons (Fsp3) is 0.412. The molecule has 1 saturated carbocycles. The molecular weight excluding hydrogens is 267 g/mol. The fourth-order valence-electron chi connectivity index (χ4n) is 3.98. The number of nitrogens with zero attached hydrogens (tertiary/aromatic N) is 2. The first kappa shape index (κ1) is 12.7. The van der Waals surface area contributed by atoms with Crippen LogP contribution in [0.1, 0.15) is 47.1 Å². The molecule has 0 bridgehead atoms. The van der Waals surface area contributed by atoms with Crippen molar-refractivity contribution in [3.05, 3.63) is 52.6 Å². The molecule has 4 heteroatoms. The Morgan fingerprint density at radius 1 is 1.33 bits per heavy atom. The van der Waals surface area contributed by atoms with Gasteiger partial charge in [-0.25, -0.2) is 9.07 Å². The van der Waals surface area contributed by atoms with Crippen molar-refractivity contribution in [2.75, 3.05) is 0 Å². The molecule has 2 unspecified atom stereocenters. The van der Waals surface area contributed by atoms with E-state index in [1.54, 1.807) is 0 Å². The maximum Gasteiger partial charge on any atom is 0.278 e. The van der Waals surface area contributed by atoms with Gasteiger partial charge in [-0.2, -0.15) is 5.10 Å². The van der Waals surface area contributed by atoms with Gasteiger partial charge in [-0.15, -0.1) is 0 Å². The topological polar surface area (TPSA) is 34.9 Å². The number of carbonyl (C=O) groups excluding carboxylic acids is 1. The molecular formula is C17H17FN2O. The van der Waals surface area contributed by atoms with Gasteiger partial charge in [0.1, 0.15) is 5.82 Å². The molecule has 2 aromatic rings. The summed E-state index contributed by atoms with van der Waals surface area (Å²) >= 11 is 0. The Morgan fingerprint density at radius 3 is 2.67 bits per heavy atom. The van der Waals surface area contributed by atoms with E-state index in [2.05, 4.69) is 18.9 Å². The Bertz CT molecular complexity index is 758. The zero-order chi connectivity index (χ0) is 14.9. The van der Waals surface area contributed by atoms with Crippen LogP contribution >= 0.6 is 0 Å². The van der Waals surface area contributed by atoms with Gasteiger partial charge < -0.3 is 0 Å². The predicted octanol–water partition coefficient (Wildman–Crippen LogP) is 3.31. The smallest absolute Gasteiger partial charge is 0.267 e. The highest BCUT2D eigenvalue weighted by Gasteiger charge is 2.64. The molecule has 0 spiro atoms. The molecule has 108 valence electrons. The number of hydrogen-bond donors (Lipinski definition) is 0. The SMILES string of the molecule is Cc1nn(C(=O)c2ccc(F)cc2)c2c1C1C(C2)C1(C)C. The van der Waals surface area contributed by atoms with Crippen LogP contribution in [0.15, 0.2) is 24.3 Å². The predicted molar refractivity (Wildman–Crippen MR) is 76.8 cm³/mol. The molecule has 1 heterocycles. The van der Waals surface area contributed by atoms with E-state index < -0.39 is 0 Å². The molecule has 0 saturated heterocycles. The Balaban J connectivity index is 1.75. The third-order valence-electron chi connectivity index (χ3n) is 5.26. The number of aryl methyl sites for hydroxylation is 1. The first-order chi connectivity index (χ1) is 9.91. The molecule has 21 heavy (non-hydrogen) atoms. The highest BCUT2D eigenvalue weighted by atomic mass is 19.1. The lowest BCUT2D eigenvalue weighted by atomic mass is 9.98. The van der Waals surface area contributed by atoms with Crippen LogP contribution in [0, 0.1) is 24.1 Å². The van der Waals surface area contributed by atoms with Crippen molar-refractivity contribution in [3.8, 4) is 0 Å². The van der Waals surface area contributed by atoms with Crippen molar-refractivity contribution in [2.45, 2.75) is 33.1 Å². The maximum absolute atomic E-state index is 13.0. The third-order valence-corrected chi connectivity index (χ3v) is 5.26. The normalized spacial score (nSPS) is 24.6. The first-order valence-corrected chi connectivity index (χ1v) is 7.30. The molecule has 2 aliphatic rings. The summed E-state index contributed by atoms with van der Waals surface area (Å²) < 4.78 is 14.5. The van der Waals surface area contributed by atoms with Crippen LogP contribution in [-0.4, -0.2) is 15.7 Å². The Kier molecular flexibility index (Phi) is 2.31. The molecule has 3 nitrogen and oxygen atoms in total. The first-order valence-electron chi connectivity index (χ1n) is 7.30. The van der Waals surface area contributed by atoms with E-state index in [0.717, 1.165) is 17.8 Å². The van der Waals surface area contributed by atoms with E-state index >= 15 is 0 Å². The highest BCUT2D eigenvalue weighted by Crippen LogP contribution is 2.70. The Hall–Kier alpha value is -1.97. The molecule has 1 fully saturated rings. The number of carbonyl (C=O) groups is 1. The molecule has 2 aliphatic carbocycles. The number of benzene rings is 1. The molecule has 0 radical (unpaired) electrons. The minimum atomic E-state index is -0.337. The molecule has 4 rings (SSSR count). The lowest BCUT2D eigenvalue weighted by molar-refractivity contribution is 0.0940. The van der Waals surface area contributed by atoms with Crippen molar-refractivity contribution >= 4 is 5.91 Å². The summed E-state index contributed by atoms with van der Waals surface area (Å²) in [6, 6.07) is 5.65. The average Bonchev–Trinajstić information content (AvgIpc) is 2.82. The van der Waals surface area contributed by atoms with Crippen molar-refractivity contribution < 1.29 is 9.18 Å². The van der Waals surface area contributed by atoms with E-state index in [-0.39, 0.29) is 11.7 Å². The van der Waals surface area contributed by atoms with Gasteiger partial charge in [0.15, 0.2) is 0 Å². The number of rotatable bonds is 1. The van der Waals surface area contributed by atoms with Crippen LogP contribution in [-0.2, 0) is 6.42 Å². The summed E-state index contributed by atoms with van der Waals surface area (Å²) in [4.78, 5) is 12.6. The van der Waals surface area contributed by atoms with E-state index in [1.165, 1.54) is 34.5 Å². The minimum absolute atomic E-state index is 0.168. The highest BCUT2D eigenvalue weighted by molar-refractivity contribution is 5.96. The quantitative estimate of drug-likeness (QED) is 0.805. The van der Waals surface area contributed by atoms with Gasteiger partial charge in [-0.05, 0) is 54.9 Å². The molecule has 0 aliphatic heterocycles. The average molecular weight is 284 g/mol. The molecule has 2 atom stereocenters. The van der Waals surface area contributed by atoms with Gasteiger partial charge in [0.2, 0.25) is 0 Å². The lowest BCUT2D eigenvalue weighted by Gasteiger charge is -2.10. The zero-order valence-electron chi connectivity index (χ0n) is 12.4. The molecule has 1 aromatic carbocycles. The molecule has 1 aromatic heterocycles. The summed E-state index contributed by atoms with van der Waals surface area (Å²) in [5.74, 6) is 0.675. The van der Waals surface area contributed by atoms with Gasteiger partial charge >= 0.3 is 0 Å². The van der Waals surface area contributed by atoms with Crippen molar-refractivity contribution in [1.29, 1.82) is 0 Å². The van der Waals surface area contributed by atoms with Crippen LogP contribution < -0.4 is 0 Å². The third kappa shape index (κ3) is 1.59. The maximum atomic E-state index is 13.0. The van der Waals surface area contributed by atoms with Gasteiger partial charge in [-0.3, -0.25) is 4.79 Å². The van der Waals surface area contributed by atoms with Gasteiger partial charge in [0, 0.05) is 11.1 Å². The van der Waals surface area contributed by atoms with Crippen LogP contribution in [0.5, 0.6) is 0 Å². The van der Waals surface area contributed by atoms with E-state index in [1.807, 2.05) is 6.92 Å². The van der Waals surface area contributed by atoms with Crippen molar-refractivity contribution in [1.82, 2.24) is 9.78 Å². The Labute approximate surface area is 122 Å². The second-order valence-corrected chi connectivity index (χ2v) is 6.78. The van der Waals surface area contributed by atoms with E-state index in [9.17, 15) is 9.18 Å². The summed E-state index contributed by atoms with van der Waals surface area (Å²) in [7, 11) is 0. The van der Waals surface area contributed by atoms with Crippen LogP contribution in [0.4, 0.5) is 4.39 Å².